The molecule has 6 rings (SSSR count). The summed E-state index contributed by atoms with van der Waals surface area (Å²) >= 11 is 0. The van der Waals surface area contributed by atoms with E-state index in [9.17, 15) is 0 Å². The first-order valence-corrected chi connectivity index (χ1v) is 11.8. The van der Waals surface area contributed by atoms with Gasteiger partial charge in [-0.15, -0.1) is 0 Å². The Morgan fingerprint density at radius 1 is 0.879 bits per heavy atom. The third kappa shape index (κ3) is 4.49. The van der Waals surface area contributed by atoms with E-state index < -0.39 is 0 Å². The molecule has 2 saturated carbocycles. The zero-order chi connectivity index (χ0) is 22.2. The van der Waals surface area contributed by atoms with Crippen LogP contribution in [0.1, 0.15) is 42.9 Å². The Morgan fingerprint density at radius 2 is 1.58 bits per heavy atom. The minimum atomic E-state index is 0.639. The number of nitrogens with one attached hydrogen (secondary N) is 1. The summed E-state index contributed by atoms with van der Waals surface area (Å²) in [5, 5.41) is 7.58. The van der Waals surface area contributed by atoms with E-state index in [-0.39, 0.29) is 0 Å². The number of aryl methyl sites for hydroxylation is 1. The number of hydrogen-bond donors (Lipinski definition) is 1. The van der Waals surface area contributed by atoms with Crippen LogP contribution in [0.15, 0.2) is 71.3 Å². The second-order valence-corrected chi connectivity index (χ2v) is 9.19. The maximum Gasteiger partial charge on any atom is 0.215 e. The van der Waals surface area contributed by atoms with Crippen LogP contribution in [-0.4, -0.2) is 16.7 Å². The number of hydrogen-bond acceptors (Lipinski definition) is 5. The molecule has 0 unspecified atom stereocenters. The standard InChI is InChI=1S/C28H27N3O2/c1-18-27(30-25-3-2-4-26(29-25)32-17-19-5-6-19)28(33-31-18)24-15-13-23(14-16-24)22-11-9-21(10-12-22)20-7-8-20/h2-4,9-16,19-20H,5-8,17H2,1H3,(H,29,30). The number of nitrogens with zero attached hydrogens (tertiary/aromatic N) is 2. The Labute approximate surface area is 193 Å². The third-order valence-electron chi connectivity index (χ3n) is 6.44. The molecule has 2 aliphatic carbocycles. The number of aromatic nitrogens is 2. The normalized spacial score (nSPS) is 15.4. The Bertz CT molecular complexity index is 1250. The summed E-state index contributed by atoms with van der Waals surface area (Å²) in [6.07, 6.45) is 5.17. The molecule has 5 heteroatoms. The second-order valence-electron chi connectivity index (χ2n) is 9.19. The van der Waals surface area contributed by atoms with Gasteiger partial charge in [0.2, 0.25) is 5.88 Å². The summed E-state index contributed by atoms with van der Waals surface area (Å²) < 4.78 is 11.5. The molecule has 1 N–H and O–H groups in total. The van der Waals surface area contributed by atoms with Crippen molar-refractivity contribution in [2.75, 3.05) is 11.9 Å². The van der Waals surface area contributed by atoms with Crippen LogP contribution in [0.5, 0.6) is 5.88 Å². The maximum absolute atomic E-state index is 5.82. The van der Waals surface area contributed by atoms with Crippen molar-refractivity contribution in [3.8, 4) is 28.3 Å². The fraction of sp³-hybridized carbons (Fsp3) is 0.286. The van der Waals surface area contributed by atoms with Crippen LogP contribution in [0.3, 0.4) is 0 Å². The molecule has 2 aromatic carbocycles. The predicted molar refractivity (Wildman–Crippen MR) is 130 cm³/mol. The van der Waals surface area contributed by atoms with E-state index in [1.807, 2.05) is 25.1 Å². The largest absolute Gasteiger partial charge is 0.477 e. The number of anilines is 2. The van der Waals surface area contributed by atoms with Gasteiger partial charge in [0.25, 0.3) is 0 Å². The lowest BCUT2D eigenvalue weighted by Crippen LogP contribution is -2.02. The van der Waals surface area contributed by atoms with Gasteiger partial charge in [0.1, 0.15) is 17.2 Å². The second kappa shape index (κ2) is 8.39. The van der Waals surface area contributed by atoms with Crippen molar-refractivity contribution in [2.24, 2.45) is 5.92 Å². The fourth-order valence-corrected chi connectivity index (χ4v) is 4.07. The molecule has 4 aromatic rings. The first-order chi connectivity index (χ1) is 16.2. The molecule has 2 aromatic heterocycles. The van der Waals surface area contributed by atoms with E-state index in [1.54, 1.807) is 0 Å². The highest BCUT2D eigenvalue weighted by Crippen LogP contribution is 2.40. The van der Waals surface area contributed by atoms with Crippen LogP contribution < -0.4 is 10.1 Å². The van der Waals surface area contributed by atoms with Gasteiger partial charge >= 0.3 is 0 Å². The molecule has 0 amide bonds. The summed E-state index contributed by atoms with van der Waals surface area (Å²) in [4.78, 5) is 4.60. The fourth-order valence-electron chi connectivity index (χ4n) is 4.07. The van der Waals surface area contributed by atoms with Crippen LogP contribution in [0, 0.1) is 12.8 Å². The first kappa shape index (κ1) is 20.0. The van der Waals surface area contributed by atoms with Crippen molar-refractivity contribution < 1.29 is 9.26 Å². The number of ether oxygens (including phenoxy) is 1. The van der Waals surface area contributed by atoms with Gasteiger partial charge in [-0.2, -0.15) is 4.98 Å². The van der Waals surface area contributed by atoms with Crippen LogP contribution in [-0.2, 0) is 0 Å². The van der Waals surface area contributed by atoms with E-state index in [1.165, 1.54) is 42.4 Å². The van der Waals surface area contributed by atoms with Gasteiger partial charge in [-0.25, -0.2) is 0 Å². The highest BCUT2D eigenvalue weighted by Gasteiger charge is 2.23. The Balaban J connectivity index is 1.21. The van der Waals surface area contributed by atoms with E-state index in [2.05, 4.69) is 64.0 Å². The molecule has 0 spiro atoms. The van der Waals surface area contributed by atoms with Crippen LogP contribution in [0.2, 0.25) is 0 Å². The lowest BCUT2D eigenvalue weighted by atomic mass is 10.0. The minimum absolute atomic E-state index is 0.639. The summed E-state index contributed by atoms with van der Waals surface area (Å²) in [5.74, 6) is 3.52. The first-order valence-electron chi connectivity index (χ1n) is 11.8. The highest BCUT2D eigenvalue weighted by molar-refractivity contribution is 5.79. The monoisotopic (exact) mass is 437 g/mol. The molecular weight excluding hydrogens is 410 g/mol. The van der Waals surface area contributed by atoms with Gasteiger partial charge in [0.05, 0.1) is 6.61 Å². The van der Waals surface area contributed by atoms with E-state index >= 15 is 0 Å². The van der Waals surface area contributed by atoms with Crippen LogP contribution in [0.4, 0.5) is 11.5 Å². The molecule has 2 fully saturated rings. The molecule has 0 saturated heterocycles. The van der Waals surface area contributed by atoms with Crippen LogP contribution in [0.25, 0.3) is 22.5 Å². The van der Waals surface area contributed by atoms with Crippen molar-refractivity contribution in [3.05, 3.63) is 78.0 Å². The van der Waals surface area contributed by atoms with E-state index in [0.717, 1.165) is 29.5 Å². The summed E-state index contributed by atoms with van der Waals surface area (Å²) in [6.45, 7) is 2.67. The highest BCUT2D eigenvalue weighted by atomic mass is 16.5. The van der Waals surface area contributed by atoms with Crippen LogP contribution >= 0.6 is 0 Å². The average molecular weight is 438 g/mol. The smallest absolute Gasteiger partial charge is 0.215 e. The van der Waals surface area contributed by atoms with Crippen molar-refractivity contribution >= 4 is 11.5 Å². The molecule has 0 bridgehead atoms. The van der Waals surface area contributed by atoms with Gasteiger partial charge in [-0.1, -0.05) is 59.8 Å². The Morgan fingerprint density at radius 3 is 2.27 bits per heavy atom. The molecule has 2 heterocycles. The van der Waals surface area contributed by atoms with Gasteiger partial charge in [-0.3, -0.25) is 0 Å². The molecular formula is C28H27N3O2. The van der Waals surface area contributed by atoms with Gasteiger partial charge in [0.15, 0.2) is 5.76 Å². The average Bonchev–Trinajstić information content (AvgIpc) is 3.78. The Kier molecular flexibility index (Phi) is 5.10. The molecule has 2 aliphatic rings. The summed E-state index contributed by atoms with van der Waals surface area (Å²) in [5.41, 5.74) is 6.45. The SMILES string of the molecule is Cc1noc(-c2ccc(-c3ccc(C4CC4)cc3)cc2)c1Nc1cccc(OCC2CC2)n1. The lowest BCUT2D eigenvalue weighted by molar-refractivity contribution is 0.289. The molecule has 166 valence electrons. The van der Waals surface area contributed by atoms with E-state index in [4.69, 9.17) is 9.26 Å². The molecule has 0 atom stereocenters. The Hall–Kier alpha value is -3.60. The topological polar surface area (TPSA) is 60.2 Å². The van der Waals surface area contributed by atoms with Crippen molar-refractivity contribution in [2.45, 2.75) is 38.5 Å². The third-order valence-corrected chi connectivity index (χ3v) is 6.44. The molecule has 0 aliphatic heterocycles. The number of rotatable bonds is 8. The van der Waals surface area contributed by atoms with Gasteiger partial charge in [-0.05, 0) is 67.2 Å². The maximum atomic E-state index is 5.82. The van der Waals surface area contributed by atoms with Crippen molar-refractivity contribution in [1.82, 2.24) is 10.1 Å². The van der Waals surface area contributed by atoms with Gasteiger partial charge in [0, 0.05) is 11.6 Å². The predicted octanol–water partition coefficient (Wildman–Crippen LogP) is 7.12. The van der Waals surface area contributed by atoms with Crippen molar-refractivity contribution in [1.29, 1.82) is 0 Å². The molecule has 5 nitrogen and oxygen atoms in total. The zero-order valence-corrected chi connectivity index (χ0v) is 18.8. The quantitative estimate of drug-likeness (QED) is 0.318. The minimum Gasteiger partial charge on any atom is -0.477 e. The molecule has 33 heavy (non-hydrogen) atoms. The van der Waals surface area contributed by atoms with E-state index in [0.29, 0.717) is 23.4 Å². The number of pyridine rings is 1. The lowest BCUT2D eigenvalue weighted by Gasteiger charge is -2.09. The summed E-state index contributed by atoms with van der Waals surface area (Å²) in [6, 6.07) is 23.2. The van der Waals surface area contributed by atoms with Crippen molar-refractivity contribution in [3.63, 3.8) is 0 Å². The van der Waals surface area contributed by atoms with Gasteiger partial charge < -0.3 is 14.6 Å². The number of benzene rings is 2. The molecule has 0 radical (unpaired) electrons. The zero-order valence-electron chi connectivity index (χ0n) is 18.8. The summed E-state index contributed by atoms with van der Waals surface area (Å²) in [7, 11) is 0.